The fourth-order valence-corrected chi connectivity index (χ4v) is 3.25. The molecule has 170 valence electrons. The van der Waals surface area contributed by atoms with Crippen molar-refractivity contribution in [2.24, 2.45) is 0 Å². The number of anilines is 2. The summed E-state index contributed by atoms with van der Waals surface area (Å²) in [5.74, 6) is 0.468. The molecule has 0 atom stereocenters. The van der Waals surface area contributed by atoms with E-state index in [0.29, 0.717) is 28.6 Å². The van der Waals surface area contributed by atoms with Crippen molar-refractivity contribution in [3.05, 3.63) is 66.2 Å². The van der Waals surface area contributed by atoms with Crippen molar-refractivity contribution >= 4 is 23.5 Å². The van der Waals surface area contributed by atoms with Crippen LogP contribution < -0.4 is 19.5 Å². The van der Waals surface area contributed by atoms with Crippen LogP contribution in [0.25, 0.3) is 11.1 Å². The highest BCUT2D eigenvalue weighted by molar-refractivity contribution is 5.96. The molecule has 8 heteroatoms. The van der Waals surface area contributed by atoms with Crippen LogP contribution in [-0.4, -0.2) is 29.6 Å². The highest BCUT2D eigenvalue weighted by Gasteiger charge is 2.19. The molecule has 8 nitrogen and oxygen atoms in total. The summed E-state index contributed by atoms with van der Waals surface area (Å²) in [6, 6.07) is 17.1. The Balaban J connectivity index is 1.61. The molecular formula is C25H23NO7. The van der Waals surface area contributed by atoms with E-state index in [1.807, 2.05) is 6.07 Å². The average Bonchev–Trinajstić information content (AvgIpc) is 3.20. The zero-order valence-corrected chi connectivity index (χ0v) is 18.4. The van der Waals surface area contributed by atoms with Gasteiger partial charge < -0.3 is 29.4 Å². The Labute approximate surface area is 190 Å². The monoisotopic (exact) mass is 449 g/mol. The molecule has 0 spiro atoms. The van der Waals surface area contributed by atoms with E-state index in [1.165, 1.54) is 6.07 Å². The van der Waals surface area contributed by atoms with E-state index in [-0.39, 0.29) is 12.4 Å². The smallest absolute Gasteiger partial charge is 0.478 e. The molecule has 2 N–H and O–H groups in total. The Morgan fingerprint density at radius 3 is 2.45 bits per heavy atom. The lowest BCUT2D eigenvalue weighted by atomic mass is 10.0. The number of fused-ring (bicyclic) bond motifs is 1. The number of rotatable bonds is 5. The summed E-state index contributed by atoms with van der Waals surface area (Å²) < 4.78 is 21.2. The number of carboxylic acid groups (broad SMARTS) is 1. The van der Waals surface area contributed by atoms with Crippen LogP contribution in [0.5, 0.6) is 17.2 Å². The van der Waals surface area contributed by atoms with E-state index in [9.17, 15) is 14.7 Å². The van der Waals surface area contributed by atoms with Crippen molar-refractivity contribution in [3.63, 3.8) is 0 Å². The molecule has 3 aromatic rings. The van der Waals surface area contributed by atoms with Gasteiger partial charge in [-0.2, -0.15) is 0 Å². The molecule has 1 aliphatic heterocycles. The number of ether oxygens (including phenoxy) is 4. The zero-order chi connectivity index (χ0) is 23.6. The maximum absolute atomic E-state index is 12.0. The third-order valence-corrected chi connectivity index (χ3v) is 4.66. The molecule has 3 aromatic carbocycles. The third-order valence-electron chi connectivity index (χ3n) is 4.66. The number of nitrogens with one attached hydrogen (secondary N) is 1. The highest BCUT2D eigenvalue weighted by Crippen LogP contribution is 2.36. The van der Waals surface area contributed by atoms with Crippen LogP contribution >= 0.6 is 0 Å². The molecule has 0 aromatic heterocycles. The molecule has 4 rings (SSSR count). The Bertz CT molecular complexity index is 1210. The van der Waals surface area contributed by atoms with Gasteiger partial charge in [-0.3, -0.25) is 0 Å². The van der Waals surface area contributed by atoms with Crippen LogP contribution in [0.4, 0.5) is 16.2 Å². The minimum atomic E-state index is -1.06. The van der Waals surface area contributed by atoms with E-state index in [4.69, 9.17) is 18.9 Å². The number of benzene rings is 3. The van der Waals surface area contributed by atoms with Crippen molar-refractivity contribution in [1.29, 1.82) is 0 Å². The number of hydrogen-bond donors (Lipinski definition) is 2. The van der Waals surface area contributed by atoms with Crippen LogP contribution in [0.1, 0.15) is 31.1 Å². The van der Waals surface area contributed by atoms with Gasteiger partial charge in [-0.05, 0) is 68.3 Å². The molecule has 0 amide bonds. The minimum Gasteiger partial charge on any atom is -0.478 e. The summed E-state index contributed by atoms with van der Waals surface area (Å²) >= 11 is 0. The summed E-state index contributed by atoms with van der Waals surface area (Å²) in [7, 11) is 0. The number of hydrogen-bond acceptors (Lipinski definition) is 7. The number of carbonyl (C=O) groups is 2. The van der Waals surface area contributed by atoms with E-state index in [1.54, 1.807) is 69.3 Å². The van der Waals surface area contributed by atoms with Crippen LogP contribution in [0.15, 0.2) is 60.7 Å². The lowest BCUT2D eigenvalue weighted by molar-refractivity contribution is 0.0206. The largest absolute Gasteiger partial charge is 0.514 e. The highest BCUT2D eigenvalue weighted by atomic mass is 16.7. The van der Waals surface area contributed by atoms with Gasteiger partial charge in [0.15, 0.2) is 11.5 Å². The molecule has 1 aliphatic rings. The van der Waals surface area contributed by atoms with E-state index >= 15 is 0 Å². The normalized spacial score (nSPS) is 12.2. The zero-order valence-electron chi connectivity index (χ0n) is 18.4. The minimum absolute atomic E-state index is 0.109. The molecule has 0 radical (unpaired) electrons. The maximum atomic E-state index is 12.0. The van der Waals surface area contributed by atoms with Gasteiger partial charge in [0, 0.05) is 11.8 Å². The van der Waals surface area contributed by atoms with Gasteiger partial charge >= 0.3 is 12.1 Å². The second kappa shape index (κ2) is 8.74. The van der Waals surface area contributed by atoms with Gasteiger partial charge in [0.1, 0.15) is 11.4 Å². The van der Waals surface area contributed by atoms with Crippen LogP contribution in [0.2, 0.25) is 0 Å². The number of aromatic carboxylic acids is 1. The second-order valence-corrected chi connectivity index (χ2v) is 8.35. The maximum Gasteiger partial charge on any atom is 0.514 e. The first-order valence-corrected chi connectivity index (χ1v) is 10.2. The first-order valence-electron chi connectivity index (χ1n) is 10.2. The lowest BCUT2D eigenvalue weighted by Crippen LogP contribution is -2.25. The number of carbonyl (C=O) groups excluding carboxylic acids is 1. The molecule has 0 aliphatic carbocycles. The van der Waals surface area contributed by atoms with Crippen molar-refractivity contribution in [3.8, 4) is 28.4 Å². The van der Waals surface area contributed by atoms with Gasteiger partial charge in [0.2, 0.25) is 6.79 Å². The van der Waals surface area contributed by atoms with Gasteiger partial charge in [-0.25, -0.2) is 9.59 Å². The summed E-state index contributed by atoms with van der Waals surface area (Å²) in [4.78, 5) is 23.8. The van der Waals surface area contributed by atoms with E-state index in [0.717, 1.165) is 11.1 Å². The molecule has 0 fully saturated rings. The predicted molar refractivity (Wildman–Crippen MR) is 122 cm³/mol. The SMILES string of the molecule is CC(C)(C)OC(=O)Oc1cccc(-c2ccc(C(=O)O)c(Nc3ccc4c(c3)OCO4)c2)c1. The third kappa shape index (κ3) is 5.35. The molecule has 1 heterocycles. The fourth-order valence-electron chi connectivity index (χ4n) is 3.25. The summed E-state index contributed by atoms with van der Waals surface area (Å²) in [5, 5.41) is 12.8. The Morgan fingerprint density at radius 1 is 0.939 bits per heavy atom. The fraction of sp³-hybridized carbons (Fsp3) is 0.200. The van der Waals surface area contributed by atoms with E-state index in [2.05, 4.69) is 5.32 Å². The summed E-state index contributed by atoms with van der Waals surface area (Å²) in [6.45, 7) is 5.41. The molecule has 0 saturated heterocycles. The standard InChI is InChI=1S/C25H23NO7/c1-25(2,3)33-24(29)32-18-6-4-5-15(11-18)16-7-9-19(23(27)28)20(12-16)26-17-8-10-21-22(13-17)31-14-30-21/h4-13,26H,14H2,1-3H3,(H,27,28). The lowest BCUT2D eigenvalue weighted by Gasteiger charge is -2.18. The quantitative estimate of drug-likeness (QED) is 0.370. The van der Waals surface area contributed by atoms with Gasteiger partial charge in [0.05, 0.1) is 11.3 Å². The van der Waals surface area contributed by atoms with Crippen LogP contribution in [-0.2, 0) is 4.74 Å². The molecule has 0 saturated carbocycles. The Hall–Kier alpha value is -4.20. The van der Waals surface area contributed by atoms with Crippen LogP contribution in [0.3, 0.4) is 0 Å². The van der Waals surface area contributed by atoms with Crippen molar-refractivity contribution < 1.29 is 33.6 Å². The summed E-state index contributed by atoms with van der Waals surface area (Å²) in [6.07, 6.45) is -0.800. The van der Waals surface area contributed by atoms with Gasteiger partial charge in [0.25, 0.3) is 0 Å². The van der Waals surface area contributed by atoms with Crippen molar-refractivity contribution in [2.75, 3.05) is 12.1 Å². The summed E-state index contributed by atoms with van der Waals surface area (Å²) in [5.41, 5.74) is 1.96. The van der Waals surface area contributed by atoms with Crippen molar-refractivity contribution in [1.82, 2.24) is 0 Å². The second-order valence-electron chi connectivity index (χ2n) is 8.35. The topological polar surface area (TPSA) is 103 Å². The van der Waals surface area contributed by atoms with E-state index < -0.39 is 17.7 Å². The Kier molecular flexibility index (Phi) is 5.83. The Morgan fingerprint density at radius 2 is 1.70 bits per heavy atom. The predicted octanol–water partition coefficient (Wildman–Crippen LogP) is 5.84. The van der Waals surface area contributed by atoms with Gasteiger partial charge in [-0.15, -0.1) is 0 Å². The van der Waals surface area contributed by atoms with Crippen molar-refractivity contribution in [2.45, 2.75) is 26.4 Å². The first kappa shape index (κ1) is 22.0. The van der Waals surface area contributed by atoms with Crippen LogP contribution in [0, 0.1) is 0 Å². The molecule has 0 unspecified atom stereocenters. The van der Waals surface area contributed by atoms with Gasteiger partial charge in [-0.1, -0.05) is 18.2 Å². The molecule has 0 bridgehead atoms. The first-order chi connectivity index (χ1) is 15.7. The molecular weight excluding hydrogens is 426 g/mol. The average molecular weight is 449 g/mol. The molecule has 33 heavy (non-hydrogen) atoms. The number of carboxylic acids is 1.